The SMILES string of the molecule is CN(C)CCc1ccc(-c2cc3c(Nc4ccc5[nH]ccc5c4)c(C#N)cnc3s2)cc1. The zero-order valence-electron chi connectivity index (χ0n) is 18.0. The van der Waals surface area contributed by atoms with Gasteiger partial charge in [0.25, 0.3) is 0 Å². The summed E-state index contributed by atoms with van der Waals surface area (Å²) in [7, 11) is 4.19. The molecule has 5 rings (SSSR count). The van der Waals surface area contributed by atoms with E-state index >= 15 is 0 Å². The summed E-state index contributed by atoms with van der Waals surface area (Å²) >= 11 is 1.65. The van der Waals surface area contributed by atoms with Gasteiger partial charge in [-0.2, -0.15) is 5.26 Å². The number of hydrogen-bond acceptors (Lipinski definition) is 5. The molecule has 5 aromatic rings. The second-order valence-electron chi connectivity index (χ2n) is 8.14. The Morgan fingerprint density at radius 1 is 1.09 bits per heavy atom. The summed E-state index contributed by atoms with van der Waals surface area (Å²) in [5.41, 5.74) is 5.87. The quantitative estimate of drug-likeness (QED) is 0.334. The molecule has 0 bridgehead atoms. The largest absolute Gasteiger partial charge is 0.361 e. The summed E-state index contributed by atoms with van der Waals surface area (Å²) in [6.45, 7) is 1.03. The molecule has 0 radical (unpaired) electrons. The zero-order valence-corrected chi connectivity index (χ0v) is 18.8. The van der Waals surface area contributed by atoms with Crippen molar-refractivity contribution in [3.63, 3.8) is 0 Å². The van der Waals surface area contributed by atoms with Gasteiger partial charge in [0.05, 0.1) is 11.3 Å². The minimum absolute atomic E-state index is 0.537. The van der Waals surface area contributed by atoms with Crippen LogP contribution in [0, 0.1) is 11.3 Å². The number of benzene rings is 2. The van der Waals surface area contributed by atoms with Gasteiger partial charge in [-0.05, 0) is 62.0 Å². The number of nitriles is 1. The van der Waals surface area contributed by atoms with Crippen LogP contribution in [0.15, 0.2) is 67.0 Å². The summed E-state index contributed by atoms with van der Waals surface area (Å²) in [5, 5.41) is 15.3. The lowest BCUT2D eigenvalue weighted by Crippen LogP contribution is -2.14. The van der Waals surface area contributed by atoms with E-state index in [2.05, 4.69) is 76.7 Å². The second kappa shape index (κ2) is 8.46. The van der Waals surface area contributed by atoms with Crippen LogP contribution in [-0.4, -0.2) is 35.5 Å². The predicted octanol–water partition coefficient (Wildman–Crippen LogP) is 6.16. The number of H-pyrrole nitrogens is 1. The molecule has 0 aliphatic rings. The summed E-state index contributed by atoms with van der Waals surface area (Å²) in [6.07, 6.45) is 4.62. The number of pyridine rings is 1. The van der Waals surface area contributed by atoms with E-state index < -0.39 is 0 Å². The fourth-order valence-corrected chi connectivity index (χ4v) is 4.83. The van der Waals surface area contributed by atoms with E-state index in [-0.39, 0.29) is 0 Å². The average molecular weight is 438 g/mol. The van der Waals surface area contributed by atoms with Crippen LogP contribution in [-0.2, 0) is 6.42 Å². The lowest BCUT2D eigenvalue weighted by molar-refractivity contribution is 0.413. The van der Waals surface area contributed by atoms with Crippen LogP contribution in [0.3, 0.4) is 0 Å². The standard InChI is InChI=1S/C26H23N5S/c1-31(2)12-10-17-3-5-18(6-4-17)24-14-22-25(20(15-27)16-29-26(22)32-24)30-21-7-8-23-19(13-21)9-11-28-23/h3-9,11,13-14,16,28H,10,12H2,1-2H3,(H,29,30). The van der Waals surface area contributed by atoms with Gasteiger partial charge in [-0.3, -0.25) is 0 Å². The van der Waals surface area contributed by atoms with Crippen LogP contribution in [0.2, 0.25) is 0 Å². The highest BCUT2D eigenvalue weighted by Crippen LogP contribution is 2.38. The molecule has 0 aliphatic heterocycles. The average Bonchev–Trinajstić information content (AvgIpc) is 3.45. The zero-order chi connectivity index (χ0) is 22.1. The van der Waals surface area contributed by atoms with Crippen molar-refractivity contribution in [1.29, 1.82) is 5.26 Å². The van der Waals surface area contributed by atoms with Crippen LogP contribution in [0.25, 0.3) is 31.6 Å². The van der Waals surface area contributed by atoms with Gasteiger partial charge < -0.3 is 15.2 Å². The Kier molecular flexibility index (Phi) is 5.36. The molecule has 0 saturated heterocycles. The van der Waals surface area contributed by atoms with Gasteiger partial charge >= 0.3 is 0 Å². The Balaban J connectivity index is 1.50. The fourth-order valence-electron chi connectivity index (χ4n) is 3.81. The van der Waals surface area contributed by atoms with Gasteiger partial charge in [-0.1, -0.05) is 24.3 Å². The molecule has 0 amide bonds. The second-order valence-corrected chi connectivity index (χ2v) is 9.17. The first-order valence-electron chi connectivity index (χ1n) is 10.5. The van der Waals surface area contributed by atoms with Crippen LogP contribution in [0.1, 0.15) is 11.1 Å². The Morgan fingerprint density at radius 2 is 1.94 bits per heavy atom. The molecular weight excluding hydrogens is 414 g/mol. The number of aromatic amines is 1. The summed E-state index contributed by atoms with van der Waals surface area (Å²) < 4.78 is 0. The van der Waals surface area contributed by atoms with Crippen molar-refractivity contribution in [2.45, 2.75) is 6.42 Å². The molecule has 0 unspecified atom stereocenters. The van der Waals surface area contributed by atoms with E-state index in [0.717, 1.165) is 50.3 Å². The molecule has 32 heavy (non-hydrogen) atoms. The molecule has 0 saturated carbocycles. The summed E-state index contributed by atoms with van der Waals surface area (Å²) in [5.74, 6) is 0. The summed E-state index contributed by atoms with van der Waals surface area (Å²) in [6, 6.07) is 21.4. The van der Waals surface area contributed by atoms with E-state index in [0.29, 0.717) is 5.56 Å². The first-order chi connectivity index (χ1) is 15.6. The molecular formula is C26H23N5S. The van der Waals surface area contributed by atoms with Gasteiger partial charge in [0.2, 0.25) is 0 Å². The number of aromatic nitrogens is 2. The van der Waals surface area contributed by atoms with Crippen LogP contribution in [0.5, 0.6) is 0 Å². The van der Waals surface area contributed by atoms with E-state index in [4.69, 9.17) is 0 Å². The minimum atomic E-state index is 0.537. The highest BCUT2D eigenvalue weighted by atomic mass is 32.1. The van der Waals surface area contributed by atoms with E-state index in [1.54, 1.807) is 17.5 Å². The van der Waals surface area contributed by atoms with Crippen molar-refractivity contribution in [3.8, 4) is 16.5 Å². The molecule has 0 spiro atoms. The smallest absolute Gasteiger partial charge is 0.126 e. The minimum Gasteiger partial charge on any atom is -0.361 e. The Hall–Kier alpha value is -3.66. The molecule has 158 valence electrons. The Bertz CT molecular complexity index is 1440. The van der Waals surface area contributed by atoms with Gasteiger partial charge in [-0.15, -0.1) is 11.3 Å². The van der Waals surface area contributed by atoms with E-state index in [9.17, 15) is 5.26 Å². The molecule has 5 nitrogen and oxygen atoms in total. The first-order valence-corrected chi connectivity index (χ1v) is 11.3. The third kappa shape index (κ3) is 3.96. The first kappa shape index (κ1) is 20.3. The molecule has 0 aliphatic carbocycles. The number of likely N-dealkylation sites (N-methyl/N-ethyl adjacent to an activating group) is 1. The monoisotopic (exact) mass is 437 g/mol. The number of fused-ring (bicyclic) bond motifs is 2. The Labute approximate surface area is 191 Å². The van der Waals surface area contributed by atoms with Gasteiger partial charge in [0.1, 0.15) is 10.9 Å². The van der Waals surface area contributed by atoms with Gasteiger partial charge in [0, 0.05) is 45.8 Å². The molecule has 3 aromatic heterocycles. The maximum atomic E-state index is 9.70. The molecule has 2 aromatic carbocycles. The lowest BCUT2D eigenvalue weighted by atomic mass is 10.1. The maximum absolute atomic E-state index is 9.70. The van der Waals surface area contributed by atoms with Crippen LogP contribution in [0.4, 0.5) is 11.4 Å². The molecule has 2 N–H and O–H groups in total. The number of nitrogens with one attached hydrogen (secondary N) is 2. The van der Waals surface area contributed by atoms with Crippen molar-refractivity contribution >= 4 is 43.8 Å². The number of thiophene rings is 1. The predicted molar refractivity (Wildman–Crippen MR) is 134 cm³/mol. The normalized spacial score (nSPS) is 11.3. The van der Waals surface area contributed by atoms with Crippen LogP contribution >= 0.6 is 11.3 Å². The summed E-state index contributed by atoms with van der Waals surface area (Å²) in [4.78, 5) is 12.0. The lowest BCUT2D eigenvalue weighted by Gasteiger charge is -2.10. The topological polar surface area (TPSA) is 67.7 Å². The van der Waals surface area contributed by atoms with Crippen LogP contribution < -0.4 is 5.32 Å². The van der Waals surface area contributed by atoms with Gasteiger partial charge in [-0.25, -0.2) is 4.98 Å². The maximum Gasteiger partial charge on any atom is 0.126 e. The van der Waals surface area contributed by atoms with Crippen molar-refractivity contribution in [1.82, 2.24) is 14.9 Å². The molecule has 0 atom stereocenters. The molecule has 3 heterocycles. The number of nitrogens with zero attached hydrogens (tertiary/aromatic N) is 3. The van der Waals surface area contributed by atoms with Crippen molar-refractivity contribution in [2.24, 2.45) is 0 Å². The van der Waals surface area contributed by atoms with Crippen molar-refractivity contribution in [3.05, 3.63) is 78.1 Å². The third-order valence-corrected chi connectivity index (χ3v) is 6.68. The fraction of sp³-hybridized carbons (Fsp3) is 0.154. The number of rotatable bonds is 6. The third-order valence-electron chi connectivity index (χ3n) is 5.59. The molecule has 0 fully saturated rings. The highest BCUT2D eigenvalue weighted by molar-refractivity contribution is 7.21. The van der Waals surface area contributed by atoms with E-state index in [1.807, 2.05) is 24.4 Å². The van der Waals surface area contributed by atoms with Crippen molar-refractivity contribution in [2.75, 3.05) is 26.0 Å². The molecule has 6 heteroatoms. The number of anilines is 2. The van der Waals surface area contributed by atoms with E-state index in [1.165, 1.54) is 11.1 Å². The van der Waals surface area contributed by atoms with Gasteiger partial charge in [0.15, 0.2) is 0 Å². The van der Waals surface area contributed by atoms with Crippen molar-refractivity contribution < 1.29 is 0 Å². The Morgan fingerprint density at radius 3 is 2.72 bits per heavy atom. The number of hydrogen-bond donors (Lipinski definition) is 2. The highest BCUT2D eigenvalue weighted by Gasteiger charge is 2.14.